The van der Waals surface area contributed by atoms with Gasteiger partial charge in [-0.25, -0.2) is 0 Å². The number of rotatable bonds is 1. The average Bonchev–Trinajstić information content (AvgIpc) is 2.48. The minimum atomic E-state index is -0.00727. The first-order chi connectivity index (χ1) is 8.13. The first-order valence-electron chi connectivity index (χ1n) is 5.95. The molecule has 2 N–H and O–H groups in total. The van der Waals surface area contributed by atoms with E-state index in [-0.39, 0.29) is 12.5 Å². The lowest BCUT2D eigenvalue weighted by atomic mass is 10.1. The Labute approximate surface area is 102 Å². The maximum absolute atomic E-state index is 11.9. The minimum Gasteiger partial charge on any atom is -0.373 e. The highest BCUT2D eigenvalue weighted by atomic mass is 16.2. The molecule has 2 rings (SSSR count). The number of aryl methyl sites for hydroxylation is 1. The zero-order valence-electron chi connectivity index (χ0n) is 10.4. The summed E-state index contributed by atoms with van der Waals surface area (Å²) >= 11 is 0. The van der Waals surface area contributed by atoms with Gasteiger partial charge in [-0.3, -0.25) is 4.79 Å². The van der Waals surface area contributed by atoms with Crippen LogP contribution in [0.4, 0.5) is 11.4 Å². The van der Waals surface area contributed by atoms with Crippen LogP contribution in [0.3, 0.4) is 0 Å². The molecule has 0 spiro atoms. The van der Waals surface area contributed by atoms with E-state index in [4.69, 9.17) is 5.73 Å². The summed E-state index contributed by atoms with van der Waals surface area (Å²) in [6.45, 7) is 3.81. The highest BCUT2D eigenvalue weighted by Gasteiger charge is 2.22. The summed E-state index contributed by atoms with van der Waals surface area (Å²) < 4.78 is 0. The van der Waals surface area contributed by atoms with Crippen molar-refractivity contribution in [3.63, 3.8) is 0 Å². The van der Waals surface area contributed by atoms with Crippen molar-refractivity contribution in [1.29, 1.82) is 0 Å². The van der Waals surface area contributed by atoms with Crippen molar-refractivity contribution in [2.24, 2.45) is 5.73 Å². The van der Waals surface area contributed by atoms with E-state index in [2.05, 4.69) is 30.1 Å². The molecular weight excluding hydrogens is 214 g/mol. The summed E-state index contributed by atoms with van der Waals surface area (Å²) in [6.07, 6.45) is 0.968. The molecule has 1 aromatic rings. The van der Waals surface area contributed by atoms with Crippen LogP contribution in [0.2, 0.25) is 0 Å². The Morgan fingerprint density at radius 2 is 2.12 bits per heavy atom. The monoisotopic (exact) mass is 233 g/mol. The molecule has 0 saturated carbocycles. The van der Waals surface area contributed by atoms with Crippen LogP contribution in [0, 0.1) is 6.92 Å². The van der Waals surface area contributed by atoms with Crippen LogP contribution < -0.4 is 15.5 Å². The quantitative estimate of drug-likeness (QED) is 0.791. The van der Waals surface area contributed by atoms with Gasteiger partial charge in [0.1, 0.15) is 0 Å². The topological polar surface area (TPSA) is 49.6 Å². The lowest BCUT2D eigenvalue weighted by Gasteiger charge is -2.24. The minimum absolute atomic E-state index is 0.00727. The highest BCUT2D eigenvalue weighted by Crippen LogP contribution is 2.32. The molecule has 1 aliphatic heterocycles. The maximum atomic E-state index is 11.9. The van der Waals surface area contributed by atoms with Crippen LogP contribution in [0.25, 0.3) is 0 Å². The SMILES string of the molecule is Cc1ccc2c(c1)N(C(=O)CN)CCCN2C. The zero-order chi connectivity index (χ0) is 12.4. The van der Waals surface area contributed by atoms with Crippen LogP contribution in [0.15, 0.2) is 18.2 Å². The van der Waals surface area contributed by atoms with Crippen molar-refractivity contribution in [3.05, 3.63) is 23.8 Å². The molecule has 4 heteroatoms. The van der Waals surface area contributed by atoms with Crippen molar-refractivity contribution in [2.45, 2.75) is 13.3 Å². The van der Waals surface area contributed by atoms with Gasteiger partial charge in [0.2, 0.25) is 5.91 Å². The molecule has 1 aliphatic rings. The number of carbonyl (C=O) groups excluding carboxylic acids is 1. The number of nitrogens with zero attached hydrogens (tertiary/aromatic N) is 2. The molecular formula is C13H19N3O. The molecule has 4 nitrogen and oxygen atoms in total. The van der Waals surface area contributed by atoms with E-state index in [1.54, 1.807) is 0 Å². The van der Waals surface area contributed by atoms with Gasteiger partial charge in [-0.2, -0.15) is 0 Å². The van der Waals surface area contributed by atoms with E-state index >= 15 is 0 Å². The van der Waals surface area contributed by atoms with Gasteiger partial charge in [-0.15, -0.1) is 0 Å². The highest BCUT2D eigenvalue weighted by molar-refractivity contribution is 5.98. The van der Waals surface area contributed by atoms with E-state index in [9.17, 15) is 4.79 Å². The Hall–Kier alpha value is -1.55. The summed E-state index contributed by atoms with van der Waals surface area (Å²) in [7, 11) is 2.06. The summed E-state index contributed by atoms with van der Waals surface area (Å²) in [5, 5.41) is 0. The molecule has 92 valence electrons. The molecule has 0 saturated heterocycles. The molecule has 0 unspecified atom stereocenters. The molecule has 0 fully saturated rings. The lowest BCUT2D eigenvalue weighted by Crippen LogP contribution is -2.36. The van der Waals surface area contributed by atoms with Crippen molar-refractivity contribution in [3.8, 4) is 0 Å². The first-order valence-corrected chi connectivity index (χ1v) is 5.95. The predicted molar refractivity (Wildman–Crippen MR) is 70.5 cm³/mol. The molecule has 0 atom stereocenters. The van der Waals surface area contributed by atoms with Gasteiger partial charge in [-0.05, 0) is 31.0 Å². The van der Waals surface area contributed by atoms with Gasteiger partial charge in [-0.1, -0.05) is 6.07 Å². The molecule has 0 aliphatic carbocycles. The van der Waals surface area contributed by atoms with E-state index in [1.165, 1.54) is 0 Å². The largest absolute Gasteiger partial charge is 0.373 e. The van der Waals surface area contributed by atoms with Crippen LogP contribution >= 0.6 is 0 Å². The smallest absolute Gasteiger partial charge is 0.240 e. The van der Waals surface area contributed by atoms with Crippen LogP contribution in [0.5, 0.6) is 0 Å². The fourth-order valence-corrected chi connectivity index (χ4v) is 2.25. The first kappa shape index (κ1) is 11.9. The average molecular weight is 233 g/mol. The Bertz CT molecular complexity index is 431. The van der Waals surface area contributed by atoms with Crippen LogP contribution in [-0.4, -0.2) is 32.6 Å². The van der Waals surface area contributed by atoms with Gasteiger partial charge in [0.15, 0.2) is 0 Å². The molecule has 1 aromatic carbocycles. The molecule has 1 amide bonds. The second-order valence-electron chi connectivity index (χ2n) is 4.52. The second-order valence-corrected chi connectivity index (χ2v) is 4.52. The van der Waals surface area contributed by atoms with Crippen molar-refractivity contribution >= 4 is 17.3 Å². The van der Waals surface area contributed by atoms with E-state index in [0.717, 1.165) is 36.4 Å². The Morgan fingerprint density at radius 3 is 2.82 bits per heavy atom. The van der Waals surface area contributed by atoms with Gasteiger partial charge in [0.05, 0.1) is 17.9 Å². The second kappa shape index (κ2) is 4.75. The van der Waals surface area contributed by atoms with Crippen molar-refractivity contribution in [1.82, 2.24) is 0 Å². The number of fused-ring (bicyclic) bond motifs is 1. The number of carbonyl (C=O) groups is 1. The number of hydrogen-bond acceptors (Lipinski definition) is 3. The predicted octanol–water partition coefficient (Wildman–Crippen LogP) is 1.13. The number of nitrogens with two attached hydrogens (primary N) is 1. The van der Waals surface area contributed by atoms with E-state index in [1.807, 2.05) is 11.8 Å². The fraction of sp³-hybridized carbons (Fsp3) is 0.462. The van der Waals surface area contributed by atoms with Gasteiger partial charge in [0, 0.05) is 20.1 Å². The van der Waals surface area contributed by atoms with Crippen LogP contribution in [0.1, 0.15) is 12.0 Å². The normalized spacial score (nSPS) is 15.5. The summed E-state index contributed by atoms with van der Waals surface area (Å²) in [4.78, 5) is 15.9. The Morgan fingerprint density at radius 1 is 1.35 bits per heavy atom. The third-order valence-corrected chi connectivity index (χ3v) is 3.18. The third kappa shape index (κ3) is 2.26. The van der Waals surface area contributed by atoms with Gasteiger partial charge < -0.3 is 15.5 Å². The number of benzene rings is 1. The number of anilines is 2. The third-order valence-electron chi connectivity index (χ3n) is 3.18. The number of amides is 1. The maximum Gasteiger partial charge on any atom is 0.240 e. The van der Waals surface area contributed by atoms with Crippen molar-refractivity contribution < 1.29 is 4.79 Å². The van der Waals surface area contributed by atoms with Gasteiger partial charge in [0.25, 0.3) is 0 Å². The van der Waals surface area contributed by atoms with E-state index < -0.39 is 0 Å². The molecule has 17 heavy (non-hydrogen) atoms. The molecule has 1 heterocycles. The molecule has 0 bridgehead atoms. The summed E-state index contributed by atoms with van der Waals surface area (Å²) in [5.41, 5.74) is 8.73. The zero-order valence-corrected chi connectivity index (χ0v) is 10.4. The van der Waals surface area contributed by atoms with Crippen molar-refractivity contribution in [2.75, 3.05) is 36.5 Å². The molecule has 0 aromatic heterocycles. The number of hydrogen-bond donors (Lipinski definition) is 1. The standard InChI is InChI=1S/C13H19N3O/c1-10-4-5-11-12(8-10)16(13(17)9-14)7-3-6-15(11)2/h4-5,8H,3,6-7,9,14H2,1-2H3. The summed E-state index contributed by atoms with van der Waals surface area (Å²) in [6, 6.07) is 6.21. The lowest BCUT2D eigenvalue weighted by molar-refractivity contribution is -0.117. The Balaban J connectivity index is 2.48. The fourth-order valence-electron chi connectivity index (χ4n) is 2.25. The molecule has 0 radical (unpaired) electrons. The van der Waals surface area contributed by atoms with Crippen LogP contribution in [-0.2, 0) is 4.79 Å². The van der Waals surface area contributed by atoms with E-state index in [0.29, 0.717) is 0 Å². The summed E-state index contributed by atoms with van der Waals surface area (Å²) in [5.74, 6) is -0.00727. The Kier molecular flexibility index (Phi) is 3.33. The van der Waals surface area contributed by atoms with Gasteiger partial charge >= 0.3 is 0 Å².